The van der Waals surface area contributed by atoms with Gasteiger partial charge in [0.25, 0.3) is 0 Å². The van der Waals surface area contributed by atoms with E-state index in [4.69, 9.17) is 32.2 Å². The molecule has 0 aromatic heterocycles. The van der Waals surface area contributed by atoms with E-state index in [0.717, 1.165) is 0 Å². The van der Waals surface area contributed by atoms with Crippen LogP contribution in [0.4, 0.5) is 4.39 Å². The third-order valence-electron chi connectivity index (χ3n) is 2.86. The van der Waals surface area contributed by atoms with Gasteiger partial charge in [-0.05, 0) is 29.8 Å². The number of nitrogens with one attached hydrogen (secondary N) is 1. The highest BCUT2D eigenvalue weighted by Crippen LogP contribution is 2.27. The van der Waals surface area contributed by atoms with Crippen molar-refractivity contribution >= 4 is 17.4 Å². The molecule has 3 N–H and O–H groups in total. The zero-order valence-electron chi connectivity index (χ0n) is 11.3. The van der Waals surface area contributed by atoms with Gasteiger partial charge in [0.1, 0.15) is 18.2 Å². The summed E-state index contributed by atoms with van der Waals surface area (Å²) < 4.78 is 24.0. The highest BCUT2D eigenvalue weighted by molar-refractivity contribution is 6.34. The molecular formula is C15H14ClFN2O2. The van der Waals surface area contributed by atoms with Crippen molar-refractivity contribution < 1.29 is 13.9 Å². The lowest BCUT2D eigenvalue weighted by Gasteiger charge is -2.12. The molecule has 2 aromatic rings. The molecule has 0 aliphatic rings. The van der Waals surface area contributed by atoms with Gasteiger partial charge in [-0.2, -0.15) is 0 Å². The summed E-state index contributed by atoms with van der Waals surface area (Å²) in [6.07, 6.45) is 0. The number of ether oxygens (including phenoxy) is 2. The molecule has 0 radical (unpaired) electrons. The topological polar surface area (TPSA) is 68.3 Å². The fraction of sp³-hybridized carbons (Fsp3) is 0.133. The largest absolute Gasteiger partial charge is 0.494 e. The lowest BCUT2D eigenvalue weighted by Crippen LogP contribution is -2.14. The molecule has 6 heteroatoms. The Balaban J connectivity index is 2.19. The number of rotatable bonds is 5. The molecule has 0 saturated carbocycles. The van der Waals surface area contributed by atoms with Gasteiger partial charge in [-0.1, -0.05) is 23.7 Å². The molecule has 0 spiro atoms. The Morgan fingerprint density at radius 1 is 1.29 bits per heavy atom. The summed E-state index contributed by atoms with van der Waals surface area (Å²) in [5.74, 6) is -0.0925. The maximum Gasteiger partial charge on any atom is 0.165 e. The van der Waals surface area contributed by atoms with Crippen LogP contribution in [0.1, 0.15) is 11.1 Å². The number of benzene rings is 2. The Labute approximate surface area is 126 Å². The van der Waals surface area contributed by atoms with Crippen LogP contribution in [0, 0.1) is 11.2 Å². The second-order valence-corrected chi connectivity index (χ2v) is 4.69. The summed E-state index contributed by atoms with van der Waals surface area (Å²) in [6, 6.07) is 9.52. The van der Waals surface area contributed by atoms with E-state index in [2.05, 4.69) is 0 Å². The molecule has 110 valence electrons. The molecule has 0 heterocycles. The molecule has 0 saturated heterocycles. The predicted molar refractivity (Wildman–Crippen MR) is 79.8 cm³/mol. The highest BCUT2D eigenvalue weighted by Gasteiger charge is 2.11. The zero-order valence-corrected chi connectivity index (χ0v) is 12.1. The fourth-order valence-electron chi connectivity index (χ4n) is 1.85. The summed E-state index contributed by atoms with van der Waals surface area (Å²) in [7, 11) is 1.40. The Morgan fingerprint density at radius 2 is 2.05 bits per heavy atom. The number of methoxy groups -OCH3 is 1. The average molecular weight is 309 g/mol. The van der Waals surface area contributed by atoms with E-state index in [1.807, 2.05) is 0 Å². The van der Waals surface area contributed by atoms with E-state index in [1.165, 1.54) is 19.2 Å². The van der Waals surface area contributed by atoms with Crippen molar-refractivity contribution in [2.75, 3.05) is 7.11 Å². The van der Waals surface area contributed by atoms with Crippen LogP contribution in [-0.2, 0) is 6.61 Å². The van der Waals surface area contributed by atoms with Crippen molar-refractivity contribution in [3.05, 3.63) is 58.4 Å². The van der Waals surface area contributed by atoms with Gasteiger partial charge in [-0.3, -0.25) is 5.41 Å². The first-order valence-electron chi connectivity index (χ1n) is 6.11. The minimum absolute atomic E-state index is 0.127. The molecule has 0 aliphatic heterocycles. The van der Waals surface area contributed by atoms with Gasteiger partial charge in [0, 0.05) is 0 Å². The van der Waals surface area contributed by atoms with Gasteiger partial charge in [0.15, 0.2) is 11.6 Å². The van der Waals surface area contributed by atoms with Crippen molar-refractivity contribution in [2.24, 2.45) is 5.73 Å². The third-order valence-corrected chi connectivity index (χ3v) is 3.17. The molecule has 0 amide bonds. The van der Waals surface area contributed by atoms with Gasteiger partial charge in [-0.25, -0.2) is 4.39 Å². The average Bonchev–Trinajstić information content (AvgIpc) is 2.44. The second kappa shape index (κ2) is 6.45. The Kier molecular flexibility index (Phi) is 4.65. The highest BCUT2D eigenvalue weighted by atomic mass is 35.5. The van der Waals surface area contributed by atoms with Gasteiger partial charge >= 0.3 is 0 Å². The van der Waals surface area contributed by atoms with E-state index in [0.29, 0.717) is 21.9 Å². The van der Waals surface area contributed by atoms with Crippen LogP contribution in [0.3, 0.4) is 0 Å². The van der Waals surface area contributed by atoms with Crippen LogP contribution in [-0.4, -0.2) is 12.9 Å². The van der Waals surface area contributed by atoms with Crippen molar-refractivity contribution in [2.45, 2.75) is 6.61 Å². The monoisotopic (exact) mass is 308 g/mol. The van der Waals surface area contributed by atoms with Crippen LogP contribution < -0.4 is 15.2 Å². The molecular weight excluding hydrogens is 295 g/mol. The van der Waals surface area contributed by atoms with Gasteiger partial charge in [0.2, 0.25) is 0 Å². The zero-order chi connectivity index (χ0) is 15.4. The molecule has 4 nitrogen and oxygen atoms in total. The molecule has 21 heavy (non-hydrogen) atoms. The molecule has 0 fully saturated rings. The van der Waals surface area contributed by atoms with Crippen LogP contribution in [0.25, 0.3) is 0 Å². The number of nitrogen functional groups attached to an aromatic ring is 1. The van der Waals surface area contributed by atoms with Crippen molar-refractivity contribution in [1.82, 2.24) is 0 Å². The van der Waals surface area contributed by atoms with E-state index >= 15 is 0 Å². The first-order chi connectivity index (χ1) is 10.0. The smallest absolute Gasteiger partial charge is 0.165 e. The Morgan fingerprint density at radius 3 is 2.67 bits per heavy atom. The van der Waals surface area contributed by atoms with Crippen LogP contribution in [0.5, 0.6) is 11.5 Å². The summed E-state index contributed by atoms with van der Waals surface area (Å²) in [5.41, 5.74) is 6.44. The summed E-state index contributed by atoms with van der Waals surface area (Å²) in [5, 5.41) is 7.86. The number of halogens is 2. The SMILES string of the molecule is COc1ccc(COc2cccc(Cl)c2C(=N)N)cc1F. The van der Waals surface area contributed by atoms with E-state index in [-0.39, 0.29) is 18.2 Å². The van der Waals surface area contributed by atoms with Crippen LogP contribution in [0.2, 0.25) is 5.02 Å². The van der Waals surface area contributed by atoms with Gasteiger partial charge < -0.3 is 15.2 Å². The first-order valence-corrected chi connectivity index (χ1v) is 6.49. The maximum absolute atomic E-state index is 13.6. The summed E-state index contributed by atoms with van der Waals surface area (Å²) >= 11 is 5.99. The van der Waals surface area contributed by atoms with E-state index in [1.54, 1.807) is 24.3 Å². The predicted octanol–water partition coefficient (Wildman–Crippen LogP) is 3.35. The molecule has 0 unspecified atom stereocenters. The third kappa shape index (κ3) is 3.44. The van der Waals surface area contributed by atoms with Crippen LogP contribution in [0.15, 0.2) is 36.4 Å². The molecule has 0 bridgehead atoms. The minimum Gasteiger partial charge on any atom is -0.494 e. The number of hydrogen-bond donors (Lipinski definition) is 2. The van der Waals surface area contributed by atoms with Crippen molar-refractivity contribution in [1.29, 1.82) is 5.41 Å². The van der Waals surface area contributed by atoms with Gasteiger partial charge in [-0.15, -0.1) is 0 Å². The molecule has 0 atom stereocenters. The van der Waals surface area contributed by atoms with E-state index < -0.39 is 5.82 Å². The van der Waals surface area contributed by atoms with Crippen molar-refractivity contribution in [3.8, 4) is 11.5 Å². The fourth-order valence-corrected chi connectivity index (χ4v) is 2.11. The lowest BCUT2D eigenvalue weighted by atomic mass is 10.2. The second-order valence-electron chi connectivity index (χ2n) is 4.28. The lowest BCUT2D eigenvalue weighted by molar-refractivity contribution is 0.304. The number of hydrogen-bond acceptors (Lipinski definition) is 3. The first kappa shape index (κ1) is 15.1. The normalized spacial score (nSPS) is 10.2. The Bertz CT molecular complexity index is 677. The molecule has 2 rings (SSSR count). The standard InChI is InChI=1S/C15H14ClFN2O2/c1-20-12-6-5-9(7-11(12)17)8-21-13-4-2-3-10(16)14(13)15(18)19/h2-7H,8H2,1H3,(H3,18,19). The summed E-state index contributed by atoms with van der Waals surface area (Å²) in [4.78, 5) is 0. The van der Waals surface area contributed by atoms with E-state index in [9.17, 15) is 4.39 Å². The van der Waals surface area contributed by atoms with Crippen LogP contribution >= 0.6 is 11.6 Å². The minimum atomic E-state index is -0.462. The number of nitrogens with two attached hydrogens (primary N) is 1. The van der Waals surface area contributed by atoms with Crippen molar-refractivity contribution in [3.63, 3.8) is 0 Å². The Hall–Kier alpha value is -2.27. The van der Waals surface area contributed by atoms with Gasteiger partial charge in [0.05, 0.1) is 17.7 Å². The number of amidine groups is 1. The quantitative estimate of drug-likeness (QED) is 0.657. The maximum atomic E-state index is 13.6. The molecule has 2 aromatic carbocycles. The summed E-state index contributed by atoms with van der Waals surface area (Å²) in [6.45, 7) is 0.127. The molecule has 0 aliphatic carbocycles.